The summed E-state index contributed by atoms with van der Waals surface area (Å²) >= 11 is 3.45. The molecule has 0 N–H and O–H groups in total. The van der Waals surface area contributed by atoms with Crippen molar-refractivity contribution in [1.82, 2.24) is 0 Å². The summed E-state index contributed by atoms with van der Waals surface area (Å²) < 4.78 is 55.8. The summed E-state index contributed by atoms with van der Waals surface area (Å²) in [6.07, 6.45) is 1.64. The molecule has 1 aliphatic carbocycles. The van der Waals surface area contributed by atoms with Gasteiger partial charge in [0, 0.05) is 5.33 Å². The van der Waals surface area contributed by atoms with E-state index in [2.05, 4.69) is 20.7 Å². The molecule has 1 saturated carbocycles. The summed E-state index contributed by atoms with van der Waals surface area (Å²) in [5, 5.41) is 0.941. The van der Waals surface area contributed by atoms with Crippen LogP contribution in [-0.2, 0) is 0 Å². The van der Waals surface area contributed by atoms with E-state index < -0.39 is 23.5 Å². The summed E-state index contributed by atoms with van der Waals surface area (Å²) in [6.45, 7) is 0. The minimum atomic E-state index is -2.15. The highest BCUT2D eigenvalue weighted by molar-refractivity contribution is 9.09. The number of benzene rings is 1. The first-order valence-corrected chi connectivity index (χ1v) is 7.86. The van der Waals surface area contributed by atoms with Crippen molar-refractivity contribution in [1.29, 1.82) is 0 Å². The normalized spacial score (nSPS) is 22.0. The van der Waals surface area contributed by atoms with Gasteiger partial charge in [-0.3, -0.25) is 0 Å². The Labute approximate surface area is 129 Å². The van der Waals surface area contributed by atoms with Crippen molar-refractivity contribution >= 4 is 15.9 Å². The molecular formula is C15H15BrF4O. The molecule has 0 spiro atoms. The fourth-order valence-electron chi connectivity index (χ4n) is 2.68. The molecule has 0 atom stereocenters. The molecular weight excluding hydrogens is 352 g/mol. The molecule has 1 aromatic carbocycles. The Morgan fingerprint density at radius 3 is 2.19 bits per heavy atom. The monoisotopic (exact) mass is 366 g/mol. The zero-order valence-corrected chi connectivity index (χ0v) is 12.8. The van der Waals surface area contributed by atoms with Crippen LogP contribution in [0.1, 0.15) is 37.2 Å². The highest BCUT2D eigenvalue weighted by Gasteiger charge is 2.24. The fourth-order valence-corrected chi connectivity index (χ4v) is 3.33. The van der Waals surface area contributed by atoms with Crippen LogP contribution in [0, 0.1) is 17.6 Å². The van der Waals surface area contributed by atoms with Crippen LogP contribution < -0.4 is 4.74 Å². The lowest BCUT2D eigenvalue weighted by molar-refractivity contribution is 0.339. The van der Waals surface area contributed by atoms with E-state index >= 15 is 0 Å². The molecule has 0 bridgehead atoms. The topological polar surface area (TPSA) is 9.23 Å². The Balaban J connectivity index is 2.14. The minimum Gasteiger partial charge on any atom is -0.453 e. The van der Waals surface area contributed by atoms with Crippen LogP contribution in [0.15, 0.2) is 24.5 Å². The van der Waals surface area contributed by atoms with Gasteiger partial charge in [-0.15, -0.1) is 0 Å². The molecule has 0 heterocycles. The quantitative estimate of drug-likeness (QED) is 0.374. The van der Waals surface area contributed by atoms with Gasteiger partial charge < -0.3 is 4.74 Å². The Kier molecular flexibility index (Phi) is 5.67. The third-order valence-electron chi connectivity index (χ3n) is 3.82. The number of halogens is 5. The molecule has 1 nitrogen and oxygen atoms in total. The zero-order chi connectivity index (χ0) is 15.4. The second-order valence-corrected chi connectivity index (χ2v) is 5.86. The predicted molar refractivity (Wildman–Crippen MR) is 75.8 cm³/mol. The molecule has 0 amide bonds. The molecule has 0 unspecified atom stereocenters. The SMILES string of the molecule is FC(F)=COc1c(F)cc([C@H]2CC[C@H](CBr)CC2)cc1F. The Morgan fingerprint density at radius 1 is 1.14 bits per heavy atom. The van der Waals surface area contributed by atoms with Crippen molar-refractivity contribution in [3.05, 3.63) is 41.7 Å². The van der Waals surface area contributed by atoms with Gasteiger partial charge >= 0.3 is 6.08 Å². The van der Waals surface area contributed by atoms with Gasteiger partial charge in [0.2, 0.25) is 0 Å². The fraction of sp³-hybridized carbons (Fsp3) is 0.467. The first-order chi connectivity index (χ1) is 10.0. The van der Waals surface area contributed by atoms with Crippen molar-refractivity contribution in [2.45, 2.75) is 31.6 Å². The van der Waals surface area contributed by atoms with Crippen LogP contribution in [0.25, 0.3) is 0 Å². The molecule has 2 rings (SSSR count). The van der Waals surface area contributed by atoms with E-state index in [9.17, 15) is 17.6 Å². The average molecular weight is 367 g/mol. The van der Waals surface area contributed by atoms with E-state index in [4.69, 9.17) is 0 Å². The predicted octanol–water partition coefficient (Wildman–Crippen LogP) is 5.75. The van der Waals surface area contributed by atoms with Gasteiger partial charge in [-0.05, 0) is 55.2 Å². The summed E-state index contributed by atoms with van der Waals surface area (Å²) in [4.78, 5) is 0. The molecule has 1 fully saturated rings. The zero-order valence-electron chi connectivity index (χ0n) is 11.2. The maximum absolute atomic E-state index is 13.8. The highest BCUT2D eigenvalue weighted by Crippen LogP contribution is 2.38. The van der Waals surface area contributed by atoms with Crippen LogP contribution in [0.4, 0.5) is 17.6 Å². The molecule has 0 saturated heterocycles. The van der Waals surface area contributed by atoms with Crippen molar-refractivity contribution in [3.8, 4) is 5.75 Å². The number of ether oxygens (including phenoxy) is 1. The van der Waals surface area contributed by atoms with E-state index in [1.165, 1.54) is 12.1 Å². The second kappa shape index (κ2) is 7.29. The molecule has 0 radical (unpaired) electrons. The van der Waals surface area contributed by atoms with Crippen LogP contribution >= 0.6 is 15.9 Å². The Hall–Kier alpha value is -1.04. The van der Waals surface area contributed by atoms with Crippen LogP contribution in [-0.4, -0.2) is 5.33 Å². The molecule has 0 aromatic heterocycles. The lowest BCUT2D eigenvalue weighted by Crippen LogP contribution is -2.14. The number of hydrogen-bond donors (Lipinski definition) is 0. The van der Waals surface area contributed by atoms with Gasteiger partial charge in [0.15, 0.2) is 23.6 Å². The summed E-state index contributed by atoms with van der Waals surface area (Å²) in [5.41, 5.74) is 0.565. The van der Waals surface area contributed by atoms with Gasteiger partial charge in [0.25, 0.3) is 0 Å². The molecule has 6 heteroatoms. The Bertz CT molecular complexity index is 497. The van der Waals surface area contributed by atoms with Gasteiger partial charge in [-0.1, -0.05) is 15.9 Å². The molecule has 116 valence electrons. The van der Waals surface area contributed by atoms with E-state index in [1.54, 1.807) is 0 Å². The van der Waals surface area contributed by atoms with Crippen LogP contribution in [0.5, 0.6) is 5.75 Å². The first-order valence-electron chi connectivity index (χ1n) is 6.74. The minimum absolute atomic E-state index is 0.0301. The average Bonchev–Trinajstić information content (AvgIpc) is 2.46. The number of rotatable bonds is 4. The molecule has 0 aliphatic heterocycles. The van der Waals surface area contributed by atoms with Gasteiger partial charge in [0.1, 0.15) is 0 Å². The third kappa shape index (κ3) is 4.22. The Morgan fingerprint density at radius 2 is 1.71 bits per heavy atom. The second-order valence-electron chi connectivity index (χ2n) is 5.21. The van der Waals surface area contributed by atoms with E-state index in [0.717, 1.165) is 31.0 Å². The summed E-state index contributed by atoms with van der Waals surface area (Å²) in [6, 6.07) is 2.36. The molecule has 1 aliphatic rings. The maximum atomic E-state index is 13.8. The van der Waals surface area contributed by atoms with Gasteiger partial charge in [-0.2, -0.15) is 8.78 Å². The lowest BCUT2D eigenvalue weighted by Gasteiger charge is -2.27. The molecule has 1 aromatic rings. The third-order valence-corrected chi connectivity index (χ3v) is 4.74. The largest absolute Gasteiger partial charge is 0.453 e. The summed E-state index contributed by atoms with van der Waals surface area (Å²) in [5.74, 6) is -1.99. The van der Waals surface area contributed by atoms with Crippen LogP contribution in [0.3, 0.4) is 0 Å². The first kappa shape index (κ1) is 16.3. The van der Waals surface area contributed by atoms with Crippen LogP contribution in [0.2, 0.25) is 0 Å². The highest BCUT2D eigenvalue weighted by atomic mass is 79.9. The van der Waals surface area contributed by atoms with E-state index in [-0.39, 0.29) is 12.2 Å². The summed E-state index contributed by atoms with van der Waals surface area (Å²) in [7, 11) is 0. The smallest absolute Gasteiger partial charge is 0.305 e. The van der Waals surface area contributed by atoms with E-state index in [0.29, 0.717) is 11.5 Å². The number of hydrogen-bond acceptors (Lipinski definition) is 1. The van der Waals surface area contributed by atoms with Gasteiger partial charge in [0.05, 0.1) is 0 Å². The maximum Gasteiger partial charge on any atom is 0.305 e. The van der Waals surface area contributed by atoms with E-state index in [1.807, 2.05) is 0 Å². The number of alkyl halides is 1. The van der Waals surface area contributed by atoms with Crippen molar-refractivity contribution in [2.24, 2.45) is 5.92 Å². The van der Waals surface area contributed by atoms with Crippen molar-refractivity contribution in [2.75, 3.05) is 5.33 Å². The lowest BCUT2D eigenvalue weighted by atomic mass is 9.79. The van der Waals surface area contributed by atoms with Crippen molar-refractivity contribution < 1.29 is 22.3 Å². The van der Waals surface area contributed by atoms with Crippen molar-refractivity contribution in [3.63, 3.8) is 0 Å². The molecule has 21 heavy (non-hydrogen) atoms. The standard InChI is InChI=1S/C15H15BrF4O/c16-7-9-1-3-10(4-2-9)11-5-12(17)15(13(18)6-11)21-8-14(19)20/h5-6,8-10H,1-4,7H2/t9-,10-. The van der Waals surface area contributed by atoms with Gasteiger partial charge in [-0.25, -0.2) is 8.78 Å².